The molecule has 0 radical (unpaired) electrons. The number of aromatic amines is 1. The summed E-state index contributed by atoms with van der Waals surface area (Å²) in [7, 11) is 0. The summed E-state index contributed by atoms with van der Waals surface area (Å²) in [5.74, 6) is -1.07. The van der Waals surface area contributed by atoms with Gasteiger partial charge in [-0.15, -0.1) is 0 Å². The Labute approximate surface area is 159 Å². The van der Waals surface area contributed by atoms with E-state index in [0.29, 0.717) is 23.2 Å². The van der Waals surface area contributed by atoms with Crippen LogP contribution in [0.4, 0.5) is 4.79 Å². The van der Waals surface area contributed by atoms with Gasteiger partial charge in [0.15, 0.2) is 12.4 Å². The molecule has 8 heteroatoms. The second-order valence-corrected chi connectivity index (χ2v) is 7.30. The van der Waals surface area contributed by atoms with E-state index in [1.54, 1.807) is 34.6 Å². The van der Waals surface area contributed by atoms with Crippen molar-refractivity contribution < 1.29 is 28.7 Å². The summed E-state index contributed by atoms with van der Waals surface area (Å²) in [5.41, 5.74) is 1.35. The van der Waals surface area contributed by atoms with Gasteiger partial charge < -0.3 is 19.8 Å². The number of nitrogens with one attached hydrogen (secondary N) is 2. The Morgan fingerprint density at radius 2 is 1.74 bits per heavy atom. The Bertz CT molecular complexity index is 727. The number of ether oxygens (including phenoxy) is 2. The minimum Gasteiger partial charge on any atom is -0.457 e. The Kier molecular flexibility index (Phi) is 7.75. The fourth-order valence-corrected chi connectivity index (χ4v) is 2.58. The molecule has 0 unspecified atom stereocenters. The van der Waals surface area contributed by atoms with Gasteiger partial charge in [0.05, 0.1) is 5.69 Å². The minimum atomic E-state index is -0.583. The van der Waals surface area contributed by atoms with E-state index < -0.39 is 30.1 Å². The zero-order valence-corrected chi connectivity index (χ0v) is 16.8. The van der Waals surface area contributed by atoms with E-state index in [2.05, 4.69) is 10.3 Å². The highest BCUT2D eigenvalue weighted by Gasteiger charge is 2.21. The van der Waals surface area contributed by atoms with Crippen LogP contribution < -0.4 is 5.32 Å². The van der Waals surface area contributed by atoms with Crippen molar-refractivity contribution in [1.82, 2.24) is 10.3 Å². The predicted octanol–water partition coefficient (Wildman–Crippen LogP) is 2.86. The first kappa shape index (κ1) is 22.4. The number of amides is 1. The molecule has 0 saturated heterocycles. The lowest BCUT2D eigenvalue weighted by Gasteiger charge is -2.19. The Morgan fingerprint density at radius 1 is 1.11 bits per heavy atom. The van der Waals surface area contributed by atoms with E-state index in [4.69, 9.17) is 9.47 Å². The number of alkyl carbamates (subject to hydrolysis) is 1. The molecule has 1 aromatic heterocycles. The highest BCUT2D eigenvalue weighted by Crippen LogP contribution is 2.19. The van der Waals surface area contributed by atoms with Gasteiger partial charge >= 0.3 is 12.1 Å². The zero-order valence-electron chi connectivity index (χ0n) is 16.8. The van der Waals surface area contributed by atoms with Crippen molar-refractivity contribution in [3.63, 3.8) is 0 Å². The molecule has 0 saturated carbocycles. The lowest BCUT2D eigenvalue weighted by Crippen LogP contribution is -2.33. The Morgan fingerprint density at radius 3 is 2.26 bits per heavy atom. The largest absolute Gasteiger partial charge is 0.457 e. The minimum absolute atomic E-state index is 0.0600. The fraction of sp³-hybridized carbons (Fsp3) is 0.579. The summed E-state index contributed by atoms with van der Waals surface area (Å²) in [4.78, 5) is 49.9. The van der Waals surface area contributed by atoms with Crippen LogP contribution in [0.15, 0.2) is 0 Å². The summed E-state index contributed by atoms with van der Waals surface area (Å²) >= 11 is 0. The number of rotatable bonds is 8. The first-order valence-electron chi connectivity index (χ1n) is 8.78. The van der Waals surface area contributed by atoms with Gasteiger partial charge in [-0.05, 0) is 53.5 Å². The molecule has 1 aromatic rings. The third kappa shape index (κ3) is 7.24. The van der Waals surface area contributed by atoms with Crippen molar-refractivity contribution in [2.24, 2.45) is 0 Å². The van der Waals surface area contributed by atoms with Gasteiger partial charge in [0.25, 0.3) is 0 Å². The van der Waals surface area contributed by atoms with Gasteiger partial charge in [-0.1, -0.05) is 0 Å². The van der Waals surface area contributed by atoms with Crippen LogP contribution in [-0.4, -0.2) is 47.4 Å². The van der Waals surface area contributed by atoms with Crippen LogP contribution in [0.5, 0.6) is 0 Å². The number of ketones is 2. The van der Waals surface area contributed by atoms with Crippen molar-refractivity contribution in [2.75, 3.05) is 13.2 Å². The number of H-pyrrole nitrogens is 1. The second kappa shape index (κ2) is 9.34. The highest BCUT2D eigenvalue weighted by molar-refractivity contribution is 6.04. The van der Waals surface area contributed by atoms with E-state index in [9.17, 15) is 19.2 Å². The summed E-state index contributed by atoms with van der Waals surface area (Å²) < 4.78 is 10.0. The summed E-state index contributed by atoms with van der Waals surface area (Å²) in [6.07, 6.45) is -0.128. The molecule has 1 amide bonds. The van der Waals surface area contributed by atoms with Crippen LogP contribution in [0.2, 0.25) is 0 Å². The molecule has 0 fully saturated rings. The molecule has 0 atom stereocenters. The third-order valence-corrected chi connectivity index (χ3v) is 3.66. The average Bonchev–Trinajstić information content (AvgIpc) is 2.82. The van der Waals surface area contributed by atoms with Crippen molar-refractivity contribution >= 4 is 23.6 Å². The SMILES string of the molecule is CC(=O)c1c(C)[nH]c(C(=O)COC(=O)CCCNC(=O)OC(C)(C)C)c1C. The second-order valence-electron chi connectivity index (χ2n) is 7.30. The number of hydrogen-bond donors (Lipinski definition) is 2. The Balaban J connectivity index is 2.39. The maximum Gasteiger partial charge on any atom is 0.407 e. The van der Waals surface area contributed by atoms with E-state index >= 15 is 0 Å². The van der Waals surface area contributed by atoms with Crippen LogP contribution in [0, 0.1) is 13.8 Å². The third-order valence-electron chi connectivity index (χ3n) is 3.66. The first-order chi connectivity index (χ1) is 12.4. The van der Waals surface area contributed by atoms with Crippen LogP contribution in [0.25, 0.3) is 0 Å². The number of hydrogen-bond acceptors (Lipinski definition) is 6. The van der Waals surface area contributed by atoms with Crippen molar-refractivity contribution in [2.45, 2.75) is 60.0 Å². The number of carbonyl (C=O) groups excluding carboxylic acids is 4. The van der Waals surface area contributed by atoms with E-state index in [1.807, 2.05) is 0 Å². The monoisotopic (exact) mass is 380 g/mol. The average molecular weight is 380 g/mol. The topological polar surface area (TPSA) is 115 Å². The fourth-order valence-electron chi connectivity index (χ4n) is 2.58. The molecule has 0 bridgehead atoms. The maximum absolute atomic E-state index is 12.2. The quantitative estimate of drug-likeness (QED) is 0.407. The van der Waals surface area contributed by atoms with Crippen LogP contribution in [0.1, 0.15) is 72.6 Å². The predicted molar refractivity (Wildman–Crippen MR) is 99.0 cm³/mol. The smallest absolute Gasteiger partial charge is 0.407 e. The molecule has 0 aromatic carbocycles. The van der Waals surface area contributed by atoms with E-state index in [1.165, 1.54) is 6.92 Å². The molecule has 0 aliphatic rings. The van der Waals surface area contributed by atoms with Gasteiger partial charge in [0.1, 0.15) is 5.60 Å². The molecule has 27 heavy (non-hydrogen) atoms. The van der Waals surface area contributed by atoms with Crippen LogP contribution in [-0.2, 0) is 14.3 Å². The molecule has 0 aliphatic heterocycles. The number of esters is 1. The van der Waals surface area contributed by atoms with Gasteiger partial charge in [0.2, 0.25) is 5.78 Å². The van der Waals surface area contributed by atoms with Crippen molar-refractivity contribution in [1.29, 1.82) is 0 Å². The molecule has 150 valence electrons. The van der Waals surface area contributed by atoms with Gasteiger partial charge in [-0.3, -0.25) is 14.4 Å². The van der Waals surface area contributed by atoms with Crippen LogP contribution >= 0.6 is 0 Å². The Hall–Kier alpha value is -2.64. The van der Waals surface area contributed by atoms with Crippen molar-refractivity contribution in [3.05, 3.63) is 22.5 Å². The van der Waals surface area contributed by atoms with E-state index in [-0.39, 0.29) is 24.4 Å². The van der Waals surface area contributed by atoms with Gasteiger partial charge in [-0.2, -0.15) is 0 Å². The molecular weight excluding hydrogens is 352 g/mol. The molecule has 1 rings (SSSR count). The van der Waals surface area contributed by atoms with Crippen LogP contribution in [0.3, 0.4) is 0 Å². The lowest BCUT2D eigenvalue weighted by atomic mass is 10.1. The summed E-state index contributed by atoms with van der Waals surface area (Å²) in [5, 5.41) is 2.54. The summed E-state index contributed by atoms with van der Waals surface area (Å²) in [6, 6.07) is 0. The number of aromatic nitrogens is 1. The number of aryl methyl sites for hydroxylation is 1. The normalized spacial score (nSPS) is 11.0. The van der Waals surface area contributed by atoms with E-state index in [0.717, 1.165) is 0 Å². The highest BCUT2D eigenvalue weighted by atomic mass is 16.6. The molecule has 1 heterocycles. The number of Topliss-reactive ketones (excluding diaryl/α,β-unsaturated/α-hetero) is 2. The standard InChI is InChI=1S/C19H28N2O6/c1-11-16(13(3)22)12(2)21-17(11)14(23)10-26-15(24)8-7-9-20-18(25)27-19(4,5)6/h21H,7-10H2,1-6H3,(H,20,25). The summed E-state index contributed by atoms with van der Waals surface area (Å²) in [6.45, 7) is 9.95. The number of carbonyl (C=O) groups is 4. The molecule has 2 N–H and O–H groups in total. The zero-order chi connectivity index (χ0) is 20.8. The van der Waals surface area contributed by atoms with Gasteiger partial charge in [0, 0.05) is 24.2 Å². The molecule has 8 nitrogen and oxygen atoms in total. The first-order valence-corrected chi connectivity index (χ1v) is 8.78. The lowest BCUT2D eigenvalue weighted by molar-refractivity contribution is -0.142. The molecule has 0 aliphatic carbocycles. The van der Waals surface area contributed by atoms with Crippen molar-refractivity contribution in [3.8, 4) is 0 Å². The molecular formula is C19H28N2O6. The molecule has 0 spiro atoms. The van der Waals surface area contributed by atoms with Gasteiger partial charge in [-0.25, -0.2) is 4.79 Å². The maximum atomic E-state index is 12.2.